The molecule has 112 valence electrons. The molecule has 2 fully saturated rings. The fraction of sp³-hybridized carbons (Fsp3) is 0.500. The summed E-state index contributed by atoms with van der Waals surface area (Å²) in [5.41, 5.74) is -0.519. The van der Waals surface area contributed by atoms with Crippen LogP contribution in [0.1, 0.15) is 32.3 Å². The van der Waals surface area contributed by atoms with Crippen LogP contribution in [0.2, 0.25) is 0 Å². The number of cyclic esters (lactones) is 1. The quantitative estimate of drug-likeness (QED) is 0.848. The van der Waals surface area contributed by atoms with E-state index in [1.165, 1.54) is 0 Å². The van der Waals surface area contributed by atoms with Crippen molar-refractivity contribution in [3.8, 4) is 0 Å². The lowest BCUT2D eigenvalue weighted by atomic mass is 10.1. The topological polar surface area (TPSA) is 64.6 Å². The number of fused-ring (bicyclic) bond motifs is 1. The molecular weight excluding hydrogens is 270 g/mol. The highest BCUT2D eigenvalue weighted by molar-refractivity contribution is 5.94. The van der Waals surface area contributed by atoms with Gasteiger partial charge in [0.05, 0.1) is 6.61 Å². The van der Waals surface area contributed by atoms with Crippen LogP contribution >= 0.6 is 0 Å². The number of alkyl carbamates (subject to hydrolysis) is 1. The minimum atomic E-state index is -0.955. The van der Waals surface area contributed by atoms with E-state index >= 15 is 0 Å². The number of esters is 1. The van der Waals surface area contributed by atoms with Crippen LogP contribution in [-0.4, -0.2) is 29.8 Å². The summed E-state index contributed by atoms with van der Waals surface area (Å²) in [6, 6.07) is 9.71. The van der Waals surface area contributed by atoms with E-state index in [0.717, 1.165) is 5.56 Å². The second-order valence-corrected chi connectivity index (χ2v) is 6.59. The minimum absolute atomic E-state index is 0.0140. The Kier molecular flexibility index (Phi) is 2.97. The van der Waals surface area contributed by atoms with E-state index in [2.05, 4.69) is 5.32 Å². The maximum absolute atomic E-state index is 12.1. The highest BCUT2D eigenvalue weighted by atomic mass is 16.6. The van der Waals surface area contributed by atoms with Gasteiger partial charge in [0.15, 0.2) is 5.54 Å². The van der Waals surface area contributed by atoms with Crippen LogP contribution < -0.4 is 5.32 Å². The summed E-state index contributed by atoms with van der Waals surface area (Å²) >= 11 is 0. The van der Waals surface area contributed by atoms with Gasteiger partial charge in [0.2, 0.25) is 0 Å². The van der Waals surface area contributed by atoms with E-state index < -0.39 is 17.2 Å². The number of amides is 1. The summed E-state index contributed by atoms with van der Waals surface area (Å²) in [5.74, 6) is -0.417. The number of benzene rings is 1. The summed E-state index contributed by atoms with van der Waals surface area (Å²) in [6.45, 7) is 5.71. The number of rotatable bonds is 2. The Labute approximate surface area is 123 Å². The number of hydrogen-bond donors (Lipinski definition) is 1. The molecule has 1 aromatic carbocycles. The molecule has 1 aliphatic heterocycles. The number of carbonyl (C=O) groups excluding carboxylic acids is 2. The van der Waals surface area contributed by atoms with Gasteiger partial charge < -0.3 is 14.8 Å². The molecule has 0 aromatic heterocycles. The van der Waals surface area contributed by atoms with Gasteiger partial charge >= 0.3 is 12.1 Å². The largest absolute Gasteiger partial charge is 0.463 e. The lowest BCUT2D eigenvalue weighted by Gasteiger charge is -2.22. The van der Waals surface area contributed by atoms with Crippen LogP contribution in [0.3, 0.4) is 0 Å². The number of carbonyl (C=O) groups is 2. The Morgan fingerprint density at radius 1 is 1.33 bits per heavy atom. The van der Waals surface area contributed by atoms with Crippen LogP contribution in [0.25, 0.3) is 0 Å². The average Bonchev–Trinajstić information content (AvgIpc) is 2.92. The number of nitrogens with one attached hydrogen (secondary N) is 1. The van der Waals surface area contributed by atoms with Crippen molar-refractivity contribution >= 4 is 12.1 Å². The van der Waals surface area contributed by atoms with Crippen LogP contribution in [0.15, 0.2) is 30.3 Å². The number of ether oxygens (including phenoxy) is 2. The molecule has 3 unspecified atom stereocenters. The van der Waals surface area contributed by atoms with E-state index in [4.69, 9.17) is 9.47 Å². The van der Waals surface area contributed by atoms with Gasteiger partial charge in [0.1, 0.15) is 5.60 Å². The van der Waals surface area contributed by atoms with Crippen molar-refractivity contribution in [1.29, 1.82) is 0 Å². The predicted molar refractivity (Wildman–Crippen MR) is 75.7 cm³/mol. The fourth-order valence-electron chi connectivity index (χ4n) is 3.10. The molecule has 3 rings (SSSR count). The van der Waals surface area contributed by atoms with E-state index in [1.807, 2.05) is 30.3 Å². The van der Waals surface area contributed by atoms with E-state index in [9.17, 15) is 9.59 Å². The van der Waals surface area contributed by atoms with Gasteiger partial charge in [-0.25, -0.2) is 9.59 Å². The molecule has 1 saturated carbocycles. The highest BCUT2D eigenvalue weighted by Crippen LogP contribution is 2.61. The van der Waals surface area contributed by atoms with Crippen LogP contribution in [0.5, 0.6) is 0 Å². The summed E-state index contributed by atoms with van der Waals surface area (Å²) in [7, 11) is 0. The molecule has 0 spiro atoms. The second kappa shape index (κ2) is 4.48. The molecular formula is C16H19NO4. The smallest absolute Gasteiger partial charge is 0.408 e. The second-order valence-electron chi connectivity index (χ2n) is 6.59. The van der Waals surface area contributed by atoms with Crippen LogP contribution in [-0.2, 0) is 14.3 Å². The van der Waals surface area contributed by atoms with Crippen molar-refractivity contribution in [2.24, 2.45) is 5.92 Å². The molecule has 0 bridgehead atoms. The maximum Gasteiger partial charge on any atom is 0.408 e. The summed E-state index contributed by atoms with van der Waals surface area (Å²) in [4.78, 5) is 24.2. The molecule has 3 atom stereocenters. The molecule has 5 heteroatoms. The van der Waals surface area contributed by atoms with Crippen molar-refractivity contribution in [1.82, 2.24) is 5.32 Å². The van der Waals surface area contributed by atoms with Crippen molar-refractivity contribution in [2.45, 2.75) is 37.8 Å². The molecule has 5 nitrogen and oxygen atoms in total. The van der Waals surface area contributed by atoms with E-state index in [0.29, 0.717) is 6.61 Å². The van der Waals surface area contributed by atoms with E-state index in [-0.39, 0.29) is 17.8 Å². The third-order valence-corrected chi connectivity index (χ3v) is 3.97. The first-order valence-corrected chi connectivity index (χ1v) is 7.08. The van der Waals surface area contributed by atoms with E-state index in [1.54, 1.807) is 20.8 Å². The number of hydrogen-bond acceptors (Lipinski definition) is 4. The first-order chi connectivity index (χ1) is 9.84. The highest BCUT2D eigenvalue weighted by Gasteiger charge is 2.76. The predicted octanol–water partition coefficient (Wildman–Crippen LogP) is 2.22. The van der Waals surface area contributed by atoms with Gasteiger partial charge in [-0.05, 0) is 26.3 Å². The van der Waals surface area contributed by atoms with Crippen LogP contribution in [0.4, 0.5) is 4.79 Å². The molecule has 1 saturated heterocycles. The minimum Gasteiger partial charge on any atom is -0.463 e. The van der Waals surface area contributed by atoms with Gasteiger partial charge in [-0.3, -0.25) is 0 Å². The first-order valence-electron chi connectivity index (χ1n) is 7.08. The van der Waals surface area contributed by atoms with Crippen molar-refractivity contribution in [3.05, 3.63) is 35.9 Å². The van der Waals surface area contributed by atoms with Crippen molar-refractivity contribution in [2.75, 3.05) is 6.61 Å². The zero-order valence-corrected chi connectivity index (χ0v) is 12.4. The van der Waals surface area contributed by atoms with Crippen molar-refractivity contribution < 1.29 is 19.1 Å². The Morgan fingerprint density at radius 2 is 2.00 bits per heavy atom. The zero-order valence-electron chi connectivity index (χ0n) is 12.4. The van der Waals surface area contributed by atoms with Gasteiger partial charge in [0.25, 0.3) is 0 Å². The molecule has 21 heavy (non-hydrogen) atoms. The van der Waals surface area contributed by atoms with Gasteiger partial charge in [-0.15, -0.1) is 0 Å². The standard InChI is InChI=1S/C16H19NO4/c1-15(2,3)21-14(19)17-16-11(9-20-13(16)18)12(16)10-7-5-4-6-8-10/h4-8,11-12H,9H2,1-3H3,(H,17,19). The molecule has 1 N–H and O–H groups in total. The third-order valence-electron chi connectivity index (χ3n) is 3.97. The van der Waals surface area contributed by atoms with Gasteiger partial charge in [-0.1, -0.05) is 30.3 Å². The van der Waals surface area contributed by atoms with Crippen molar-refractivity contribution in [3.63, 3.8) is 0 Å². The van der Waals surface area contributed by atoms with Gasteiger partial charge in [0, 0.05) is 11.8 Å². The molecule has 0 radical (unpaired) electrons. The molecule has 2 aliphatic rings. The summed E-state index contributed by atoms with van der Waals surface area (Å²) < 4.78 is 10.4. The Balaban J connectivity index is 1.81. The zero-order chi connectivity index (χ0) is 15.3. The normalized spacial score (nSPS) is 30.3. The molecule has 1 aromatic rings. The molecule has 1 heterocycles. The van der Waals surface area contributed by atoms with Crippen LogP contribution in [0, 0.1) is 5.92 Å². The van der Waals surface area contributed by atoms with Gasteiger partial charge in [-0.2, -0.15) is 0 Å². The average molecular weight is 289 g/mol. The lowest BCUT2D eigenvalue weighted by Crippen LogP contribution is -2.46. The lowest BCUT2D eigenvalue weighted by molar-refractivity contribution is -0.143. The fourth-order valence-corrected chi connectivity index (χ4v) is 3.10. The summed E-state index contributed by atoms with van der Waals surface area (Å²) in [6.07, 6.45) is -0.579. The SMILES string of the molecule is CC(C)(C)OC(=O)NC12C(=O)OCC1C2c1ccccc1. The summed E-state index contributed by atoms with van der Waals surface area (Å²) in [5, 5.41) is 2.75. The first kappa shape index (κ1) is 13.9. The maximum atomic E-state index is 12.1. The Morgan fingerprint density at radius 3 is 2.62 bits per heavy atom. The third kappa shape index (κ3) is 2.26. The Hall–Kier alpha value is -2.04. The Bertz CT molecular complexity index is 578. The monoisotopic (exact) mass is 289 g/mol. The molecule has 1 aliphatic carbocycles. The molecule has 1 amide bonds.